The highest BCUT2D eigenvalue weighted by molar-refractivity contribution is 9.10. The average Bonchev–Trinajstić information content (AvgIpc) is 2.60. The third-order valence-corrected chi connectivity index (χ3v) is 5.24. The summed E-state index contributed by atoms with van der Waals surface area (Å²) in [7, 11) is 1.60. The van der Waals surface area contributed by atoms with Crippen LogP contribution in [0.1, 0.15) is 25.0 Å². The Morgan fingerprint density at radius 3 is 2.54 bits per heavy atom. The van der Waals surface area contributed by atoms with Gasteiger partial charge >= 0.3 is 0 Å². The molecule has 0 radical (unpaired) electrons. The highest BCUT2D eigenvalue weighted by atomic mass is 79.9. The fourth-order valence-corrected chi connectivity index (χ4v) is 3.15. The first-order chi connectivity index (χ1) is 12.3. The summed E-state index contributed by atoms with van der Waals surface area (Å²) in [6, 6.07) is 9.04. The van der Waals surface area contributed by atoms with E-state index in [1.165, 1.54) is 0 Å². The molecule has 0 spiro atoms. The van der Waals surface area contributed by atoms with E-state index in [2.05, 4.69) is 21.2 Å². The fraction of sp³-hybridized carbons (Fsp3) is 0.368. The minimum absolute atomic E-state index is 0.0190. The fourth-order valence-electron chi connectivity index (χ4n) is 2.24. The van der Waals surface area contributed by atoms with Crippen LogP contribution in [-0.4, -0.2) is 24.4 Å². The van der Waals surface area contributed by atoms with E-state index in [1.807, 2.05) is 32.0 Å². The number of benzene rings is 2. The van der Waals surface area contributed by atoms with Crippen LogP contribution in [0, 0.1) is 0 Å². The molecule has 2 N–H and O–H groups in total. The highest BCUT2D eigenvalue weighted by Gasteiger charge is 2.20. The average molecular weight is 463 g/mol. The van der Waals surface area contributed by atoms with E-state index < -0.39 is 5.54 Å². The molecule has 0 aliphatic heterocycles. The maximum absolute atomic E-state index is 9.46. The molecular formula is C19H22BrCl2NO3. The summed E-state index contributed by atoms with van der Waals surface area (Å²) >= 11 is 15.7. The van der Waals surface area contributed by atoms with Gasteiger partial charge in [-0.15, -0.1) is 0 Å². The Labute approximate surface area is 172 Å². The maximum Gasteiger partial charge on any atom is 0.167 e. The van der Waals surface area contributed by atoms with Gasteiger partial charge in [0.1, 0.15) is 6.61 Å². The number of rotatable bonds is 8. The third-order valence-electron chi connectivity index (χ3n) is 3.91. The van der Waals surface area contributed by atoms with Gasteiger partial charge in [-0.05, 0) is 38.1 Å². The molecule has 0 bridgehead atoms. The minimum Gasteiger partial charge on any atom is -0.493 e. The number of hydrogen-bond acceptors (Lipinski definition) is 4. The van der Waals surface area contributed by atoms with Crippen molar-refractivity contribution in [2.75, 3.05) is 13.7 Å². The van der Waals surface area contributed by atoms with Gasteiger partial charge in [0.2, 0.25) is 0 Å². The van der Waals surface area contributed by atoms with E-state index in [-0.39, 0.29) is 13.2 Å². The molecule has 0 fully saturated rings. The van der Waals surface area contributed by atoms with Gasteiger partial charge in [-0.2, -0.15) is 0 Å². The normalized spacial score (nSPS) is 11.5. The van der Waals surface area contributed by atoms with Crippen LogP contribution < -0.4 is 14.8 Å². The number of aliphatic hydroxyl groups excluding tert-OH is 1. The van der Waals surface area contributed by atoms with Gasteiger partial charge in [-0.3, -0.25) is 0 Å². The molecule has 0 aliphatic rings. The number of aliphatic hydroxyl groups is 1. The van der Waals surface area contributed by atoms with Crippen LogP contribution >= 0.6 is 39.1 Å². The first kappa shape index (κ1) is 21.3. The summed E-state index contributed by atoms with van der Waals surface area (Å²) < 4.78 is 12.4. The van der Waals surface area contributed by atoms with Crippen molar-refractivity contribution >= 4 is 39.1 Å². The van der Waals surface area contributed by atoms with Gasteiger partial charge in [-0.1, -0.05) is 45.2 Å². The Kier molecular flexibility index (Phi) is 7.62. The van der Waals surface area contributed by atoms with Crippen LogP contribution in [0.3, 0.4) is 0 Å². The van der Waals surface area contributed by atoms with Crippen LogP contribution in [0.2, 0.25) is 10.0 Å². The second-order valence-corrected chi connectivity index (χ2v) is 8.18. The zero-order chi connectivity index (χ0) is 19.3. The number of ether oxygens (including phenoxy) is 2. The van der Waals surface area contributed by atoms with Crippen molar-refractivity contribution in [1.82, 2.24) is 5.32 Å². The highest BCUT2D eigenvalue weighted by Crippen LogP contribution is 2.37. The molecule has 0 atom stereocenters. The van der Waals surface area contributed by atoms with Crippen molar-refractivity contribution in [3.05, 3.63) is 56.0 Å². The predicted octanol–water partition coefficient (Wildman–Crippen LogP) is 5.20. The monoisotopic (exact) mass is 461 g/mol. The van der Waals surface area contributed by atoms with E-state index in [1.54, 1.807) is 19.2 Å². The second kappa shape index (κ2) is 9.29. The molecule has 2 rings (SSSR count). The lowest BCUT2D eigenvalue weighted by atomic mass is 10.1. The van der Waals surface area contributed by atoms with Crippen molar-refractivity contribution < 1.29 is 14.6 Å². The van der Waals surface area contributed by atoms with Gasteiger partial charge in [0.25, 0.3) is 0 Å². The van der Waals surface area contributed by atoms with Gasteiger partial charge in [0, 0.05) is 37.7 Å². The first-order valence-electron chi connectivity index (χ1n) is 8.05. The van der Waals surface area contributed by atoms with Crippen LogP contribution in [0.15, 0.2) is 34.8 Å². The lowest BCUT2D eigenvalue weighted by Gasteiger charge is -2.25. The van der Waals surface area contributed by atoms with E-state index in [0.29, 0.717) is 28.1 Å². The van der Waals surface area contributed by atoms with Crippen LogP contribution in [-0.2, 0) is 13.2 Å². The lowest BCUT2D eigenvalue weighted by Crippen LogP contribution is -2.42. The molecule has 0 heterocycles. The summed E-state index contributed by atoms with van der Waals surface area (Å²) in [5.41, 5.74) is 1.31. The minimum atomic E-state index is -0.417. The standard InChI is InChI=1S/C19H22BrCl2NO3/c1-19(2,11-24)23-9-14-15(20)6-7-17(25-3)18(14)26-10-12-4-5-13(21)8-16(12)22/h4-8,23-24H,9-11H2,1-3H3. The molecule has 26 heavy (non-hydrogen) atoms. The molecule has 2 aromatic carbocycles. The summed E-state index contributed by atoms with van der Waals surface area (Å²) in [6.07, 6.45) is 0. The largest absolute Gasteiger partial charge is 0.493 e. The molecule has 0 aromatic heterocycles. The summed E-state index contributed by atoms with van der Waals surface area (Å²) in [4.78, 5) is 0. The van der Waals surface area contributed by atoms with Crippen molar-refractivity contribution in [3.8, 4) is 11.5 Å². The molecule has 2 aromatic rings. The molecular weight excluding hydrogens is 441 g/mol. The van der Waals surface area contributed by atoms with Crippen molar-refractivity contribution in [3.63, 3.8) is 0 Å². The smallest absolute Gasteiger partial charge is 0.167 e. The van der Waals surface area contributed by atoms with Crippen molar-refractivity contribution in [2.45, 2.75) is 32.5 Å². The maximum atomic E-state index is 9.46. The molecule has 0 saturated heterocycles. The Morgan fingerprint density at radius 1 is 1.19 bits per heavy atom. The van der Waals surface area contributed by atoms with Crippen molar-refractivity contribution in [1.29, 1.82) is 0 Å². The lowest BCUT2D eigenvalue weighted by molar-refractivity contribution is 0.186. The SMILES string of the molecule is COc1ccc(Br)c(CNC(C)(C)CO)c1OCc1ccc(Cl)cc1Cl. The quantitative estimate of drug-likeness (QED) is 0.565. The first-order valence-corrected chi connectivity index (χ1v) is 9.60. The summed E-state index contributed by atoms with van der Waals surface area (Å²) in [6.45, 7) is 4.64. The van der Waals surface area contributed by atoms with E-state index in [4.69, 9.17) is 32.7 Å². The van der Waals surface area contributed by atoms with Gasteiger partial charge in [-0.25, -0.2) is 0 Å². The number of methoxy groups -OCH3 is 1. The van der Waals surface area contributed by atoms with Gasteiger partial charge < -0.3 is 19.9 Å². The molecule has 4 nitrogen and oxygen atoms in total. The Morgan fingerprint density at radius 2 is 1.92 bits per heavy atom. The van der Waals surface area contributed by atoms with Crippen LogP contribution in [0.4, 0.5) is 0 Å². The summed E-state index contributed by atoms with van der Waals surface area (Å²) in [5.74, 6) is 1.24. The van der Waals surface area contributed by atoms with Gasteiger partial charge in [0.15, 0.2) is 11.5 Å². The molecule has 142 valence electrons. The number of hydrogen-bond donors (Lipinski definition) is 2. The topological polar surface area (TPSA) is 50.7 Å². The predicted molar refractivity (Wildman–Crippen MR) is 109 cm³/mol. The Hall–Kier alpha value is -0.980. The zero-order valence-corrected chi connectivity index (χ0v) is 18.0. The Balaban J connectivity index is 2.28. The van der Waals surface area contributed by atoms with Crippen LogP contribution in [0.5, 0.6) is 11.5 Å². The number of halogens is 3. The molecule has 7 heteroatoms. The van der Waals surface area contributed by atoms with Crippen LogP contribution in [0.25, 0.3) is 0 Å². The Bertz CT molecular complexity index is 769. The van der Waals surface area contributed by atoms with Gasteiger partial charge in [0.05, 0.1) is 13.7 Å². The molecule has 0 amide bonds. The third kappa shape index (κ3) is 5.51. The molecule has 0 aliphatic carbocycles. The second-order valence-electron chi connectivity index (χ2n) is 6.48. The van der Waals surface area contributed by atoms with E-state index in [0.717, 1.165) is 15.6 Å². The molecule has 0 unspecified atom stereocenters. The number of nitrogens with one attached hydrogen (secondary N) is 1. The summed E-state index contributed by atoms with van der Waals surface area (Å²) in [5, 5.41) is 13.9. The zero-order valence-electron chi connectivity index (χ0n) is 14.9. The molecule has 0 saturated carbocycles. The van der Waals surface area contributed by atoms with Crippen molar-refractivity contribution in [2.24, 2.45) is 0 Å². The van der Waals surface area contributed by atoms with E-state index >= 15 is 0 Å². The van der Waals surface area contributed by atoms with E-state index in [9.17, 15) is 5.11 Å².